The number of thiocarbonyl (C=S) groups is 1. The average molecular weight is 464 g/mol. The van der Waals surface area contributed by atoms with Gasteiger partial charge < -0.3 is 19.5 Å². The molecule has 2 atom stereocenters. The van der Waals surface area contributed by atoms with Crippen molar-refractivity contribution in [1.82, 2.24) is 24.8 Å². The first-order chi connectivity index (χ1) is 16.0. The smallest absolute Gasteiger partial charge is 0.305 e. The van der Waals surface area contributed by atoms with E-state index in [1.165, 1.54) is 24.1 Å². The Morgan fingerprint density at radius 3 is 2.76 bits per heavy atom. The van der Waals surface area contributed by atoms with E-state index < -0.39 is 0 Å². The Labute approximate surface area is 199 Å². The number of nitrogens with zero attached hydrogens (tertiary/aromatic N) is 4. The summed E-state index contributed by atoms with van der Waals surface area (Å²) >= 11 is 5.75. The highest BCUT2D eigenvalue weighted by Crippen LogP contribution is 2.41. The van der Waals surface area contributed by atoms with Crippen LogP contribution in [0.4, 0.5) is 0 Å². The number of nitrogens with one attached hydrogen (secondary N) is 1. The van der Waals surface area contributed by atoms with E-state index in [-0.39, 0.29) is 18.1 Å². The third-order valence-electron chi connectivity index (χ3n) is 6.20. The van der Waals surface area contributed by atoms with Gasteiger partial charge in [-0.25, -0.2) is 0 Å². The summed E-state index contributed by atoms with van der Waals surface area (Å²) in [5.41, 5.74) is 5.67. The van der Waals surface area contributed by atoms with Crippen molar-refractivity contribution in [2.75, 3.05) is 13.7 Å². The van der Waals surface area contributed by atoms with Gasteiger partial charge in [0.05, 0.1) is 24.9 Å². The molecule has 0 spiro atoms. The van der Waals surface area contributed by atoms with Crippen LogP contribution in [0.5, 0.6) is 0 Å². The molecule has 4 rings (SSSR count). The lowest BCUT2D eigenvalue weighted by Gasteiger charge is -2.28. The number of esters is 1. The highest BCUT2D eigenvalue weighted by atomic mass is 32.1. The van der Waals surface area contributed by atoms with Gasteiger partial charge in [0.15, 0.2) is 5.11 Å². The van der Waals surface area contributed by atoms with E-state index in [9.17, 15) is 4.79 Å². The number of carbonyl (C=O) groups is 1. The summed E-state index contributed by atoms with van der Waals surface area (Å²) in [5.74, 6) is -0.208. The van der Waals surface area contributed by atoms with E-state index in [1.54, 1.807) is 6.20 Å². The van der Waals surface area contributed by atoms with E-state index in [1.807, 2.05) is 36.7 Å². The number of methoxy groups -OCH3 is 1. The molecule has 1 saturated heterocycles. The molecular weight excluding hydrogens is 434 g/mol. The molecule has 1 N–H and O–H groups in total. The van der Waals surface area contributed by atoms with E-state index >= 15 is 0 Å². The van der Waals surface area contributed by atoms with E-state index in [2.05, 4.69) is 50.7 Å². The predicted molar refractivity (Wildman–Crippen MR) is 131 cm³/mol. The molecule has 0 aromatic carbocycles. The summed E-state index contributed by atoms with van der Waals surface area (Å²) in [6.45, 7) is 5.70. The fraction of sp³-hybridized carbons (Fsp3) is 0.360. The van der Waals surface area contributed by atoms with Crippen LogP contribution in [0.1, 0.15) is 53.1 Å². The molecular formula is C25H29N5O2S. The molecule has 33 heavy (non-hydrogen) atoms. The van der Waals surface area contributed by atoms with Gasteiger partial charge >= 0.3 is 5.97 Å². The molecule has 0 bridgehead atoms. The molecule has 0 unspecified atom stereocenters. The van der Waals surface area contributed by atoms with E-state index in [4.69, 9.17) is 17.0 Å². The zero-order valence-electron chi connectivity index (χ0n) is 19.2. The molecule has 3 aromatic heterocycles. The van der Waals surface area contributed by atoms with Crippen LogP contribution in [-0.2, 0) is 16.1 Å². The lowest BCUT2D eigenvalue weighted by atomic mass is 9.96. The predicted octanol–water partition coefficient (Wildman–Crippen LogP) is 3.87. The maximum absolute atomic E-state index is 11.7. The number of rotatable bonds is 8. The van der Waals surface area contributed by atoms with Crippen molar-refractivity contribution in [3.63, 3.8) is 0 Å². The third kappa shape index (κ3) is 4.90. The topological polar surface area (TPSA) is 72.3 Å². The standard InChI is InChI=1S/C25H29N5O2S/c1-17-14-20(18(2)30(17)16-19-8-6-11-26-15-19)24-23(21-9-4-5-12-27-21)28-25(33)29(24)13-7-10-22(31)32-3/h4-6,8-9,11-12,14-15,23-24H,7,10,13,16H2,1-3H3,(H,28,33)/t23-,24-/m0/s1. The van der Waals surface area contributed by atoms with Gasteiger partial charge in [-0.05, 0) is 67.9 Å². The first-order valence-corrected chi connectivity index (χ1v) is 11.5. The van der Waals surface area contributed by atoms with Crippen molar-refractivity contribution >= 4 is 23.3 Å². The zero-order chi connectivity index (χ0) is 23.4. The Hall–Kier alpha value is -3.26. The number of ether oxygens (including phenoxy) is 1. The Balaban J connectivity index is 1.69. The summed E-state index contributed by atoms with van der Waals surface area (Å²) in [6, 6.07) is 12.1. The molecule has 1 aliphatic rings. The van der Waals surface area contributed by atoms with Gasteiger partial charge in [0.1, 0.15) is 0 Å². The molecule has 0 saturated carbocycles. The van der Waals surface area contributed by atoms with Crippen LogP contribution >= 0.6 is 12.2 Å². The summed E-state index contributed by atoms with van der Waals surface area (Å²) in [6.07, 6.45) is 6.52. The van der Waals surface area contributed by atoms with Crippen molar-refractivity contribution in [2.24, 2.45) is 0 Å². The van der Waals surface area contributed by atoms with Crippen LogP contribution in [0.2, 0.25) is 0 Å². The van der Waals surface area contributed by atoms with Gasteiger partial charge in [-0.15, -0.1) is 0 Å². The second-order valence-corrected chi connectivity index (χ2v) is 8.66. The van der Waals surface area contributed by atoms with Gasteiger partial charge in [-0.1, -0.05) is 12.1 Å². The molecule has 7 nitrogen and oxygen atoms in total. The third-order valence-corrected chi connectivity index (χ3v) is 6.55. The van der Waals surface area contributed by atoms with Crippen LogP contribution in [0.3, 0.4) is 0 Å². The van der Waals surface area contributed by atoms with Crippen molar-refractivity contribution < 1.29 is 9.53 Å². The summed E-state index contributed by atoms with van der Waals surface area (Å²) < 4.78 is 7.13. The van der Waals surface area contributed by atoms with Crippen LogP contribution in [-0.4, -0.2) is 44.2 Å². The second-order valence-electron chi connectivity index (χ2n) is 8.27. The number of pyridine rings is 2. The summed E-state index contributed by atoms with van der Waals surface area (Å²) in [4.78, 5) is 22.7. The molecule has 1 aliphatic heterocycles. The largest absolute Gasteiger partial charge is 0.469 e. The minimum absolute atomic E-state index is 0.0288. The zero-order valence-corrected chi connectivity index (χ0v) is 20.0. The van der Waals surface area contributed by atoms with E-state index in [0.29, 0.717) is 24.5 Å². The van der Waals surface area contributed by atoms with Gasteiger partial charge in [0.2, 0.25) is 0 Å². The lowest BCUT2D eigenvalue weighted by Crippen LogP contribution is -2.31. The summed E-state index contributed by atoms with van der Waals surface area (Å²) in [7, 11) is 1.42. The normalized spacial score (nSPS) is 17.8. The van der Waals surface area contributed by atoms with Crippen molar-refractivity contribution in [1.29, 1.82) is 0 Å². The Bertz CT molecular complexity index is 1120. The lowest BCUT2D eigenvalue weighted by molar-refractivity contribution is -0.140. The molecule has 3 aromatic rings. The van der Waals surface area contributed by atoms with Crippen molar-refractivity contribution in [2.45, 2.75) is 45.3 Å². The van der Waals surface area contributed by atoms with Crippen molar-refractivity contribution in [3.8, 4) is 0 Å². The number of hydrogen-bond acceptors (Lipinski definition) is 5. The first kappa shape index (κ1) is 22.9. The highest BCUT2D eigenvalue weighted by Gasteiger charge is 2.41. The fourth-order valence-corrected chi connectivity index (χ4v) is 4.86. The Morgan fingerprint density at radius 1 is 1.21 bits per heavy atom. The second kappa shape index (κ2) is 10.1. The van der Waals surface area contributed by atoms with Crippen LogP contribution in [0.15, 0.2) is 55.0 Å². The molecule has 0 amide bonds. The quantitative estimate of drug-likeness (QED) is 0.402. The maximum atomic E-state index is 11.7. The van der Waals surface area contributed by atoms with Crippen molar-refractivity contribution in [3.05, 3.63) is 83.2 Å². The molecule has 8 heteroatoms. The Kier molecular flexibility index (Phi) is 7.03. The maximum Gasteiger partial charge on any atom is 0.305 e. The molecule has 0 radical (unpaired) electrons. The Morgan fingerprint density at radius 2 is 2.06 bits per heavy atom. The number of aryl methyl sites for hydroxylation is 1. The van der Waals surface area contributed by atoms with Crippen LogP contribution in [0, 0.1) is 13.8 Å². The highest BCUT2D eigenvalue weighted by molar-refractivity contribution is 7.80. The molecule has 1 fully saturated rings. The van der Waals surface area contributed by atoms with E-state index in [0.717, 1.165) is 17.8 Å². The van der Waals surface area contributed by atoms with Gasteiger partial charge in [0.25, 0.3) is 0 Å². The minimum atomic E-state index is -0.208. The number of hydrogen-bond donors (Lipinski definition) is 1. The number of carbonyl (C=O) groups excluding carboxylic acids is 1. The molecule has 172 valence electrons. The van der Waals surface area contributed by atoms with Crippen LogP contribution in [0.25, 0.3) is 0 Å². The van der Waals surface area contributed by atoms with Gasteiger partial charge in [0, 0.05) is 49.5 Å². The SMILES string of the molecule is COC(=O)CCCN1C(=S)N[C@@H](c2ccccn2)[C@@H]1c1cc(C)n(Cc2cccnc2)c1C. The average Bonchev–Trinajstić information content (AvgIpc) is 3.30. The summed E-state index contributed by atoms with van der Waals surface area (Å²) in [5, 5.41) is 4.16. The first-order valence-electron chi connectivity index (χ1n) is 11.1. The fourth-order valence-electron chi connectivity index (χ4n) is 4.53. The molecule has 0 aliphatic carbocycles. The monoisotopic (exact) mass is 463 g/mol. The molecule has 4 heterocycles. The number of aromatic nitrogens is 3. The van der Waals surface area contributed by atoms with Gasteiger partial charge in [-0.3, -0.25) is 14.8 Å². The van der Waals surface area contributed by atoms with Crippen LogP contribution < -0.4 is 5.32 Å². The van der Waals surface area contributed by atoms with Gasteiger partial charge in [-0.2, -0.15) is 0 Å². The minimum Gasteiger partial charge on any atom is -0.469 e.